The summed E-state index contributed by atoms with van der Waals surface area (Å²) in [5.41, 5.74) is 11.0. The molecule has 1 aliphatic heterocycles. The highest BCUT2D eigenvalue weighted by Gasteiger charge is 2.39. The number of rotatable bonds is 10. The van der Waals surface area contributed by atoms with Gasteiger partial charge in [-0.05, 0) is 39.2 Å². The van der Waals surface area contributed by atoms with Crippen molar-refractivity contribution in [2.45, 2.75) is 82.8 Å². The monoisotopic (exact) mass is 297 g/mol. The summed E-state index contributed by atoms with van der Waals surface area (Å²) in [5, 5.41) is 3.40. The van der Waals surface area contributed by atoms with Crippen LogP contribution in [0.2, 0.25) is 0 Å². The number of nitrogens with two attached hydrogens (primary N) is 2. The molecule has 3 unspecified atom stereocenters. The van der Waals surface area contributed by atoms with Crippen molar-refractivity contribution in [3.63, 3.8) is 0 Å². The van der Waals surface area contributed by atoms with Gasteiger partial charge in [0.05, 0.1) is 11.6 Å². The van der Waals surface area contributed by atoms with Crippen LogP contribution in [0, 0.1) is 0 Å². The summed E-state index contributed by atoms with van der Waals surface area (Å²) in [4.78, 5) is 24.3. The molecule has 0 aromatic heterocycles. The molecule has 122 valence electrons. The van der Waals surface area contributed by atoms with Crippen LogP contribution >= 0.6 is 0 Å². The molecule has 0 aliphatic carbocycles. The number of unbranched alkanes of at least 4 members (excludes halogenated alkanes) is 1. The minimum absolute atomic E-state index is 0.0419. The predicted octanol–water partition coefficient (Wildman–Crippen LogP) is 1.28. The van der Waals surface area contributed by atoms with Gasteiger partial charge in [0.2, 0.25) is 0 Å². The third kappa shape index (κ3) is 5.16. The van der Waals surface area contributed by atoms with Crippen molar-refractivity contribution >= 4 is 11.6 Å². The lowest BCUT2D eigenvalue weighted by atomic mass is 9.84. The van der Waals surface area contributed by atoms with Gasteiger partial charge in [0.1, 0.15) is 0 Å². The Hall–Kier alpha value is -0.780. The summed E-state index contributed by atoms with van der Waals surface area (Å²) >= 11 is 0. The van der Waals surface area contributed by atoms with Crippen molar-refractivity contribution in [1.82, 2.24) is 5.32 Å². The van der Waals surface area contributed by atoms with Gasteiger partial charge in [-0.15, -0.1) is 0 Å². The van der Waals surface area contributed by atoms with Crippen LogP contribution in [0.5, 0.6) is 0 Å². The fourth-order valence-corrected chi connectivity index (χ4v) is 3.00. The normalized spacial score (nSPS) is 24.8. The van der Waals surface area contributed by atoms with Gasteiger partial charge in [0.15, 0.2) is 11.6 Å². The lowest BCUT2D eigenvalue weighted by molar-refractivity contribution is -0.125. The number of carbonyl (C=O) groups excluding carboxylic acids is 2. The lowest BCUT2D eigenvalue weighted by Gasteiger charge is -2.28. The molecule has 5 N–H and O–H groups in total. The first kappa shape index (κ1) is 18.3. The van der Waals surface area contributed by atoms with E-state index in [0.29, 0.717) is 19.3 Å². The fraction of sp³-hybridized carbons (Fsp3) is 0.875. The first-order chi connectivity index (χ1) is 9.93. The van der Waals surface area contributed by atoms with Crippen LogP contribution in [0.3, 0.4) is 0 Å². The van der Waals surface area contributed by atoms with Gasteiger partial charge >= 0.3 is 0 Å². The smallest absolute Gasteiger partial charge is 0.152 e. The summed E-state index contributed by atoms with van der Waals surface area (Å²) in [7, 11) is 0. The largest absolute Gasteiger partial charge is 0.326 e. The SMILES string of the molecule is CCCCC1(C(=O)CCCC(=O)C(N)C(C)N)CCCN1. The van der Waals surface area contributed by atoms with Gasteiger partial charge in [-0.25, -0.2) is 0 Å². The lowest BCUT2D eigenvalue weighted by Crippen LogP contribution is -2.47. The molecule has 0 amide bonds. The number of Topliss-reactive ketones (excluding diaryl/α,β-unsaturated/α-hetero) is 2. The van der Waals surface area contributed by atoms with E-state index in [4.69, 9.17) is 11.5 Å². The molecule has 0 saturated carbocycles. The zero-order chi connectivity index (χ0) is 15.9. The minimum atomic E-state index is -0.612. The van der Waals surface area contributed by atoms with Crippen LogP contribution in [-0.2, 0) is 9.59 Å². The van der Waals surface area contributed by atoms with Crippen molar-refractivity contribution < 1.29 is 9.59 Å². The van der Waals surface area contributed by atoms with E-state index in [1.54, 1.807) is 6.92 Å². The van der Waals surface area contributed by atoms with E-state index in [2.05, 4.69) is 12.2 Å². The van der Waals surface area contributed by atoms with Gasteiger partial charge in [-0.1, -0.05) is 19.8 Å². The van der Waals surface area contributed by atoms with E-state index in [9.17, 15) is 9.59 Å². The molecule has 21 heavy (non-hydrogen) atoms. The van der Waals surface area contributed by atoms with Crippen LogP contribution in [0.15, 0.2) is 0 Å². The highest BCUT2D eigenvalue weighted by molar-refractivity contribution is 5.90. The molecule has 1 heterocycles. The second-order valence-electron chi connectivity index (χ2n) is 6.34. The first-order valence-corrected chi connectivity index (χ1v) is 8.25. The van der Waals surface area contributed by atoms with E-state index in [1.807, 2.05) is 0 Å². The highest BCUT2D eigenvalue weighted by atomic mass is 16.1. The molecule has 5 heteroatoms. The average Bonchev–Trinajstić information content (AvgIpc) is 2.93. The molecular weight excluding hydrogens is 266 g/mol. The average molecular weight is 297 g/mol. The van der Waals surface area contributed by atoms with Crippen LogP contribution in [0.4, 0.5) is 0 Å². The molecule has 1 rings (SSSR count). The Morgan fingerprint density at radius 2 is 1.95 bits per heavy atom. The number of nitrogens with one attached hydrogen (secondary N) is 1. The standard InChI is InChI=1S/C16H31N3O2/c1-3-4-9-16(10-6-11-19-16)14(21)8-5-7-13(20)15(18)12(2)17/h12,15,19H,3-11,17-18H2,1-2H3. The van der Waals surface area contributed by atoms with Crippen molar-refractivity contribution in [1.29, 1.82) is 0 Å². The van der Waals surface area contributed by atoms with Gasteiger partial charge in [-0.3, -0.25) is 9.59 Å². The van der Waals surface area contributed by atoms with Crippen LogP contribution in [0.1, 0.15) is 65.2 Å². The summed E-state index contributed by atoms with van der Waals surface area (Å²) in [5.74, 6) is 0.218. The molecule has 3 atom stereocenters. The maximum absolute atomic E-state index is 12.5. The molecular formula is C16H31N3O2. The Balaban J connectivity index is 2.42. The van der Waals surface area contributed by atoms with Gasteiger partial charge in [0, 0.05) is 18.9 Å². The minimum Gasteiger partial charge on any atom is -0.326 e. The third-order valence-electron chi connectivity index (χ3n) is 4.50. The summed E-state index contributed by atoms with van der Waals surface area (Å²) < 4.78 is 0. The fourth-order valence-electron chi connectivity index (χ4n) is 3.00. The van der Waals surface area contributed by atoms with Gasteiger partial charge < -0.3 is 16.8 Å². The summed E-state index contributed by atoms with van der Waals surface area (Å²) in [6.45, 7) is 4.79. The van der Waals surface area contributed by atoms with E-state index in [0.717, 1.165) is 38.6 Å². The Morgan fingerprint density at radius 3 is 2.48 bits per heavy atom. The maximum atomic E-state index is 12.5. The van der Waals surface area contributed by atoms with E-state index >= 15 is 0 Å². The first-order valence-electron chi connectivity index (χ1n) is 8.25. The summed E-state index contributed by atoms with van der Waals surface area (Å²) in [6, 6.07) is -0.945. The van der Waals surface area contributed by atoms with E-state index in [-0.39, 0.29) is 23.1 Å². The second-order valence-corrected chi connectivity index (χ2v) is 6.34. The zero-order valence-electron chi connectivity index (χ0n) is 13.5. The molecule has 1 fully saturated rings. The number of hydrogen-bond acceptors (Lipinski definition) is 5. The number of ketones is 2. The topological polar surface area (TPSA) is 98.2 Å². The van der Waals surface area contributed by atoms with Crippen molar-refractivity contribution in [3.05, 3.63) is 0 Å². The van der Waals surface area contributed by atoms with Crippen LogP contribution < -0.4 is 16.8 Å². The molecule has 0 aromatic carbocycles. The number of carbonyl (C=O) groups is 2. The Kier molecular flexibility index (Phi) is 7.49. The van der Waals surface area contributed by atoms with Gasteiger partial charge in [-0.2, -0.15) is 0 Å². The van der Waals surface area contributed by atoms with Crippen molar-refractivity contribution in [3.8, 4) is 0 Å². The highest BCUT2D eigenvalue weighted by Crippen LogP contribution is 2.28. The molecule has 5 nitrogen and oxygen atoms in total. The zero-order valence-corrected chi connectivity index (χ0v) is 13.5. The Labute approximate surface area is 128 Å². The van der Waals surface area contributed by atoms with Crippen LogP contribution in [0.25, 0.3) is 0 Å². The van der Waals surface area contributed by atoms with Crippen molar-refractivity contribution in [2.24, 2.45) is 11.5 Å². The van der Waals surface area contributed by atoms with Crippen LogP contribution in [-0.4, -0.2) is 35.7 Å². The second kappa shape index (κ2) is 8.61. The van der Waals surface area contributed by atoms with E-state index < -0.39 is 6.04 Å². The Bertz CT molecular complexity index is 349. The molecule has 1 saturated heterocycles. The van der Waals surface area contributed by atoms with Gasteiger partial charge in [0.25, 0.3) is 0 Å². The molecule has 0 spiro atoms. The predicted molar refractivity (Wildman–Crippen MR) is 85.0 cm³/mol. The number of hydrogen-bond donors (Lipinski definition) is 3. The summed E-state index contributed by atoms with van der Waals surface area (Å²) in [6.07, 6.45) is 6.43. The maximum Gasteiger partial charge on any atom is 0.152 e. The third-order valence-corrected chi connectivity index (χ3v) is 4.50. The molecule has 0 aromatic rings. The molecule has 1 aliphatic rings. The molecule has 0 radical (unpaired) electrons. The van der Waals surface area contributed by atoms with Crippen molar-refractivity contribution in [2.75, 3.05) is 6.54 Å². The Morgan fingerprint density at radius 1 is 1.24 bits per heavy atom. The van der Waals surface area contributed by atoms with E-state index in [1.165, 1.54) is 0 Å². The quantitative estimate of drug-likeness (QED) is 0.564. The molecule has 0 bridgehead atoms.